The first-order chi connectivity index (χ1) is 30.6. The van der Waals surface area contributed by atoms with E-state index in [0.29, 0.717) is 19.3 Å². The van der Waals surface area contributed by atoms with Crippen molar-refractivity contribution in [3.8, 4) is 0 Å². The summed E-state index contributed by atoms with van der Waals surface area (Å²) in [6, 6.07) is 0. The number of ether oxygens (including phenoxy) is 3. The lowest BCUT2D eigenvalue weighted by Crippen LogP contribution is -2.30. The molecule has 2 atom stereocenters. The summed E-state index contributed by atoms with van der Waals surface area (Å²) >= 11 is 0. The molecule has 1 unspecified atom stereocenters. The molecule has 6 nitrogen and oxygen atoms in total. The first kappa shape index (κ1) is 61.4. The Hall–Kier alpha value is -1.59. The van der Waals surface area contributed by atoms with E-state index in [-0.39, 0.29) is 31.1 Å². The van der Waals surface area contributed by atoms with E-state index in [0.717, 1.165) is 75.5 Å². The second-order valence-electron chi connectivity index (χ2n) is 20.8. The molecular formula is C57H110O6. The number of unbranched alkanes of at least 4 members (excludes halogenated alkanes) is 32. The zero-order valence-electron chi connectivity index (χ0n) is 43.4. The van der Waals surface area contributed by atoms with Crippen LogP contribution in [0.5, 0.6) is 0 Å². The maximum atomic E-state index is 12.8. The van der Waals surface area contributed by atoms with E-state index < -0.39 is 6.10 Å². The van der Waals surface area contributed by atoms with Crippen LogP contribution in [0.25, 0.3) is 0 Å². The van der Waals surface area contributed by atoms with Gasteiger partial charge in [-0.05, 0) is 37.0 Å². The van der Waals surface area contributed by atoms with Crippen molar-refractivity contribution in [1.29, 1.82) is 0 Å². The molecule has 0 bridgehead atoms. The van der Waals surface area contributed by atoms with Crippen molar-refractivity contribution < 1.29 is 28.6 Å². The largest absolute Gasteiger partial charge is 0.462 e. The highest BCUT2D eigenvalue weighted by Crippen LogP contribution is 2.18. The van der Waals surface area contributed by atoms with Gasteiger partial charge in [0.05, 0.1) is 0 Å². The van der Waals surface area contributed by atoms with Crippen LogP contribution in [0.15, 0.2) is 0 Å². The van der Waals surface area contributed by atoms with E-state index in [1.807, 2.05) is 0 Å². The van der Waals surface area contributed by atoms with Crippen LogP contribution in [0.4, 0.5) is 0 Å². The fourth-order valence-electron chi connectivity index (χ4n) is 8.61. The fourth-order valence-corrected chi connectivity index (χ4v) is 8.61. The van der Waals surface area contributed by atoms with Crippen molar-refractivity contribution in [1.82, 2.24) is 0 Å². The zero-order chi connectivity index (χ0) is 46.3. The summed E-state index contributed by atoms with van der Waals surface area (Å²) in [5.74, 6) is 1.65. The van der Waals surface area contributed by atoms with Crippen LogP contribution in [0.2, 0.25) is 0 Å². The van der Waals surface area contributed by atoms with Crippen molar-refractivity contribution >= 4 is 17.9 Å². The Morgan fingerprint density at radius 3 is 0.825 bits per heavy atom. The number of esters is 3. The Morgan fingerprint density at radius 2 is 0.556 bits per heavy atom. The minimum absolute atomic E-state index is 0.0647. The molecule has 0 radical (unpaired) electrons. The Balaban J connectivity index is 4.23. The van der Waals surface area contributed by atoms with E-state index in [9.17, 15) is 14.4 Å². The van der Waals surface area contributed by atoms with Crippen LogP contribution >= 0.6 is 0 Å². The molecule has 0 rings (SSSR count). The van der Waals surface area contributed by atoms with Crippen LogP contribution in [0.1, 0.15) is 311 Å². The Kier molecular flexibility index (Phi) is 47.1. The van der Waals surface area contributed by atoms with Gasteiger partial charge in [-0.2, -0.15) is 0 Å². The van der Waals surface area contributed by atoms with Gasteiger partial charge in [-0.15, -0.1) is 0 Å². The SMILES string of the molecule is CCC(C)CCCCCCCCC(=O)O[C@H](COC(=O)CCCCCCCCCCCCCCCCCC(C)C)COC(=O)CCCCCCCCCCCCCCCCC(C)C. The maximum absolute atomic E-state index is 12.8. The molecule has 0 aromatic heterocycles. The molecule has 0 aliphatic rings. The molecule has 0 spiro atoms. The lowest BCUT2D eigenvalue weighted by molar-refractivity contribution is -0.167. The molecular weight excluding hydrogens is 781 g/mol. The molecule has 6 heteroatoms. The third-order valence-corrected chi connectivity index (χ3v) is 13.3. The minimum atomic E-state index is -0.764. The minimum Gasteiger partial charge on any atom is -0.462 e. The van der Waals surface area contributed by atoms with E-state index in [1.54, 1.807) is 0 Å². The van der Waals surface area contributed by atoms with Crippen molar-refractivity contribution in [3.63, 3.8) is 0 Å². The topological polar surface area (TPSA) is 78.9 Å². The van der Waals surface area contributed by atoms with Gasteiger partial charge in [0.25, 0.3) is 0 Å². The monoisotopic (exact) mass is 891 g/mol. The predicted molar refractivity (Wildman–Crippen MR) is 270 cm³/mol. The molecule has 0 heterocycles. The number of hydrogen-bond acceptors (Lipinski definition) is 6. The van der Waals surface area contributed by atoms with Crippen LogP contribution < -0.4 is 0 Å². The summed E-state index contributed by atoms with van der Waals surface area (Å²) in [5, 5.41) is 0. The summed E-state index contributed by atoms with van der Waals surface area (Å²) < 4.78 is 16.8. The quantitative estimate of drug-likeness (QED) is 0.0344. The Bertz CT molecular complexity index is 978. The lowest BCUT2D eigenvalue weighted by Gasteiger charge is -2.18. The normalized spacial score (nSPS) is 12.6. The molecule has 0 amide bonds. The van der Waals surface area contributed by atoms with Gasteiger partial charge in [0.2, 0.25) is 0 Å². The van der Waals surface area contributed by atoms with Crippen molar-refractivity contribution in [2.24, 2.45) is 17.8 Å². The van der Waals surface area contributed by atoms with E-state index >= 15 is 0 Å². The van der Waals surface area contributed by atoms with Gasteiger partial charge in [0, 0.05) is 19.3 Å². The first-order valence-corrected chi connectivity index (χ1v) is 28.1. The number of rotatable bonds is 50. The molecule has 0 fully saturated rings. The lowest BCUT2D eigenvalue weighted by atomic mass is 10.00. The van der Waals surface area contributed by atoms with Crippen LogP contribution in [-0.4, -0.2) is 37.2 Å². The molecule has 0 N–H and O–H groups in total. The summed E-state index contributed by atoms with van der Waals surface area (Å²) in [7, 11) is 0. The molecule has 63 heavy (non-hydrogen) atoms. The van der Waals surface area contributed by atoms with Gasteiger partial charge in [-0.3, -0.25) is 14.4 Å². The summed E-state index contributed by atoms with van der Waals surface area (Å²) in [5.41, 5.74) is 0. The summed E-state index contributed by atoms with van der Waals surface area (Å²) in [6.45, 7) is 13.7. The van der Waals surface area contributed by atoms with Gasteiger partial charge in [-0.25, -0.2) is 0 Å². The third-order valence-electron chi connectivity index (χ3n) is 13.3. The summed E-state index contributed by atoms with van der Waals surface area (Å²) in [4.78, 5) is 38.0. The van der Waals surface area contributed by atoms with Crippen LogP contribution in [0, 0.1) is 17.8 Å². The highest BCUT2D eigenvalue weighted by atomic mass is 16.6. The highest BCUT2D eigenvalue weighted by molar-refractivity contribution is 5.71. The molecule has 0 aromatic carbocycles. The number of hydrogen-bond donors (Lipinski definition) is 0. The van der Waals surface area contributed by atoms with Gasteiger partial charge >= 0.3 is 17.9 Å². The molecule has 0 aliphatic carbocycles. The maximum Gasteiger partial charge on any atom is 0.306 e. The number of carbonyl (C=O) groups is 3. The van der Waals surface area contributed by atoms with Crippen molar-refractivity contribution in [2.45, 2.75) is 317 Å². The molecule has 0 saturated carbocycles. The molecule has 0 saturated heterocycles. The first-order valence-electron chi connectivity index (χ1n) is 28.1. The Morgan fingerprint density at radius 1 is 0.317 bits per heavy atom. The van der Waals surface area contributed by atoms with E-state index in [1.165, 1.54) is 193 Å². The van der Waals surface area contributed by atoms with Crippen molar-refractivity contribution in [2.75, 3.05) is 13.2 Å². The fraction of sp³-hybridized carbons (Fsp3) is 0.947. The average molecular weight is 892 g/mol. The standard InChI is InChI=1S/C57H110O6/c1-7-53(6)45-39-33-29-30-36-42-48-57(60)63-54(50-62-56(59)47-41-35-28-24-20-16-12-11-14-18-22-26-32-38-44-52(4)5)49-61-55(58)46-40-34-27-23-19-15-10-8-9-13-17-21-25-31-37-43-51(2)3/h51-54H,7-50H2,1-6H3/t53?,54-/m1/s1. The van der Waals surface area contributed by atoms with Crippen LogP contribution in [-0.2, 0) is 28.6 Å². The van der Waals surface area contributed by atoms with E-state index in [2.05, 4.69) is 41.5 Å². The van der Waals surface area contributed by atoms with Gasteiger partial charge in [0.15, 0.2) is 6.10 Å². The third kappa shape index (κ3) is 49.7. The van der Waals surface area contributed by atoms with Gasteiger partial charge in [-0.1, -0.05) is 273 Å². The molecule has 0 aromatic rings. The van der Waals surface area contributed by atoms with Crippen molar-refractivity contribution in [3.05, 3.63) is 0 Å². The summed E-state index contributed by atoms with van der Waals surface area (Å²) in [6.07, 6.45) is 49.6. The highest BCUT2D eigenvalue weighted by Gasteiger charge is 2.19. The average Bonchev–Trinajstić information content (AvgIpc) is 3.25. The predicted octanol–water partition coefficient (Wildman–Crippen LogP) is 18.3. The second-order valence-corrected chi connectivity index (χ2v) is 20.8. The van der Waals surface area contributed by atoms with Gasteiger partial charge < -0.3 is 14.2 Å². The zero-order valence-corrected chi connectivity index (χ0v) is 43.4. The Labute approximate surface area is 393 Å². The molecule has 0 aliphatic heterocycles. The van der Waals surface area contributed by atoms with E-state index in [4.69, 9.17) is 14.2 Å². The molecule has 374 valence electrons. The van der Waals surface area contributed by atoms with Gasteiger partial charge in [0.1, 0.15) is 13.2 Å². The number of carbonyl (C=O) groups excluding carboxylic acids is 3. The second kappa shape index (κ2) is 48.3. The smallest absolute Gasteiger partial charge is 0.306 e. The van der Waals surface area contributed by atoms with Crippen LogP contribution in [0.3, 0.4) is 0 Å².